The lowest BCUT2D eigenvalue weighted by molar-refractivity contribution is -0.124. The molecule has 18 heavy (non-hydrogen) atoms. The minimum absolute atomic E-state index is 0.0389. The normalized spacial score (nSPS) is 26.1. The number of hydrogen-bond acceptors (Lipinski definition) is 3. The Hall–Kier alpha value is -0.610. The van der Waals surface area contributed by atoms with Crippen LogP contribution in [0.2, 0.25) is 0 Å². The van der Waals surface area contributed by atoms with Gasteiger partial charge in [-0.1, -0.05) is 26.7 Å². The lowest BCUT2D eigenvalue weighted by Gasteiger charge is -2.29. The van der Waals surface area contributed by atoms with Crippen LogP contribution in [-0.4, -0.2) is 29.7 Å². The molecule has 0 heterocycles. The molecule has 0 aliphatic heterocycles. The summed E-state index contributed by atoms with van der Waals surface area (Å²) in [6.45, 7) is 4.84. The van der Waals surface area contributed by atoms with Crippen molar-refractivity contribution >= 4 is 5.91 Å². The van der Waals surface area contributed by atoms with Crippen molar-refractivity contribution in [3.8, 4) is 0 Å². The van der Waals surface area contributed by atoms with Gasteiger partial charge in [-0.3, -0.25) is 4.79 Å². The summed E-state index contributed by atoms with van der Waals surface area (Å²) in [4.78, 5) is 11.9. The van der Waals surface area contributed by atoms with E-state index in [1.807, 2.05) is 0 Å². The average Bonchev–Trinajstić information content (AvgIpc) is 2.30. The van der Waals surface area contributed by atoms with E-state index < -0.39 is 0 Å². The zero-order valence-electron chi connectivity index (χ0n) is 11.7. The van der Waals surface area contributed by atoms with Gasteiger partial charge in [0.1, 0.15) is 0 Å². The molecular weight excluding hydrogens is 228 g/mol. The first-order valence-electron chi connectivity index (χ1n) is 7.20. The molecule has 1 amide bonds. The van der Waals surface area contributed by atoms with E-state index in [-0.39, 0.29) is 24.0 Å². The Morgan fingerprint density at radius 1 is 1.39 bits per heavy atom. The molecule has 4 nitrogen and oxygen atoms in total. The highest BCUT2D eigenvalue weighted by Crippen LogP contribution is 2.19. The summed E-state index contributed by atoms with van der Waals surface area (Å²) < 4.78 is 0. The average molecular weight is 256 g/mol. The van der Waals surface area contributed by atoms with Gasteiger partial charge in [-0.05, 0) is 37.6 Å². The number of nitrogens with two attached hydrogens (primary N) is 1. The van der Waals surface area contributed by atoms with Crippen molar-refractivity contribution in [2.45, 2.75) is 64.5 Å². The first kappa shape index (κ1) is 15.4. The molecule has 1 rings (SSSR count). The second kappa shape index (κ2) is 7.74. The van der Waals surface area contributed by atoms with E-state index in [1.54, 1.807) is 0 Å². The van der Waals surface area contributed by atoms with Crippen LogP contribution >= 0.6 is 0 Å². The van der Waals surface area contributed by atoms with Crippen molar-refractivity contribution in [2.75, 3.05) is 6.54 Å². The van der Waals surface area contributed by atoms with E-state index in [4.69, 9.17) is 5.73 Å². The van der Waals surface area contributed by atoms with Gasteiger partial charge < -0.3 is 16.2 Å². The molecule has 0 unspecified atom stereocenters. The van der Waals surface area contributed by atoms with Gasteiger partial charge in [0.2, 0.25) is 5.91 Å². The van der Waals surface area contributed by atoms with E-state index in [0.717, 1.165) is 32.1 Å². The number of amides is 1. The van der Waals surface area contributed by atoms with Crippen LogP contribution in [0.5, 0.6) is 0 Å². The van der Waals surface area contributed by atoms with Crippen LogP contribution in [0.25, 0.3) is 0 Å². The minimum atomic E-state index is -0.371. The predicted octanol–water partition coefficient (Wildman–Crippen LogP) is 1.42. The molecule has 4 N–H and O–H groups in total. The van der Waals surface area contributed by atoms with E-state index in [9.17, 15) is 9.90 Å². The van der Waals surface area contributed by atoms with Crippen molar-refractivity contribution in [3.05, 3.63) is 0 Å². The molecule has 106 valence electrons. The van der Waals surface area contributed by atoms with Crippen LogP contribution in [-0.2, 0) is 4.79 Å². The molecule has 0 spiro atoms. The van der Waals surface area contributed by atoms with Crippen molar-refractivity contribution in [1.82, 2.24) is 5.32 Å². The number of aliphatic hydroxyl groups excluding tert-OH is 1. The van der Waals surface area contributed by atoms with E-state index in [1.165, 1.54) is 0 Å². The Morgan fingerprint density at radius 2 is 2.06 bits per heavy atom. The number of rotatable bonds is 6. The van der Waals surface area contributed by atoms with Gasteiger partial charge in [0.15, 0.2) is 0 Å². The maximum Gasteiger partial charge on any atom is 0.220 e. The topological polar surface area (TPSA) is 75.4 Å². The van der Waals surface area contributed by atoms with Crippen LogP contribution in [0, 0.1) is 11.8 Å². The van der Waals surface area contributed by atoms with Crippen LogP contribution in [0.1, 0.15) is 52.4 Å². The molecule has 0 aromatic rings. The first-order valence-corrected chi connectivity index (χ1v) is 7.20. The van der Waals surface area contributed by atoms with Gasteiger partial charge in [0.05, 0.1) is 12.1 Å². The number of aliphatic hydroxyl groups is 1. The zero-order chi connectivity index (χ0) is 13.5. The van der Waals surface area contributed by atoms with Crippen LogP contribution in [0.4, 0.5) is 0 Å². The Kier molecular flexibility index (Phi) is 6.65. The monoisotopic (exact) mass is 256 g/mol. The number of nitrogens with one attached hydrogen (secondary N) is 1. The Morgan fingerprint density at radius 3 is 2.61 bits per heavy atom. The quantitative estimate of drug-likeness (QED) is 0.672. The molecule has 1 saturated carbocycles. The third-order valence-electron chi connectivity index (χ3n) is 3.69. The highest BCUT2D eigenvalue weighted by atomic mass is 16.3. The second-order valence-electron chi connectivity index (χ2n) is 5.96. The maximum absolute atomic E-state index is 11.9. The van der Waals surface area contributed by atoms with Crippen molar-refractivity contribution in [3.63, 3.8) is 0 Å². The zero-order valence-corrected chi connectivity index (χ0v) is 11.7. The van der Waals surface area contributed by atoms with Crippen LogP contribution in [0.15, 0.2) is 0 Å². The fourth-order valence-corrected chi connectivity index (χ4v) is 2.74. The fourth-order valence-electron chi connectivity index (χ4n) is 2.74. The minimum Gasteiger partial charge on any atom is -0.391 e. The van der Waals surface area contributed by atoms with Gasteiger partial charge in [-0.15, -0.1) is 0 Å². The number of hydrogen-bond donors (Lipinski definition) is 3. The summed E-state index contributed by atoms with van der Waals surface area (Å²) in [6.07, 6.45) is 4.95. The molecule has 0 radical (unpaired) electrons. The fraction of sp³-hybridized carbons (Fsp3) is 0.929. The SMILES string of the molecule is CC(C)C[C@H](CN)CC(=O)N[C@H]1CCCC[C@@H]1O. The molecule has 4 heteroatoms. The van der Waals surface area contributed by atoms with E-state index in [0.29, 0.717) is 18.9 Å². The van der Waals surface area contributed by atoms with Crippen molar-refractivity contribution in [2.24, 2.45) is 17.6 Å². The maximum atomic E-state index is 11.9. The lowest BCUT2D eigenvalue weighted by Crippen LogP contribution is -2.45. The molecule has 1 aliphatic rings. The van der Waals surface area contributed by atoms with Gasteiger partial charge in [-0.2, -0.15) is 0 Å². The summed E-state index contributed by atoms with van der Waals surface area (Å²) in [5, 5.41) is 12.8. The molecule has 3 atom stereocenters. The third-order valence-corrected chi connectivity index (χ3v) is 3.69. The molecule has 0 bridgehead atoms. The molecule has 1 aliphatic carbocycles. The van der Waals surface area contributed by atoms with Crippen LogP contribution in [0.3, 0.4) is 0 Å². The van der Waals surface area contributed by atoms with Crippen LogP contribution < -0.4 is 11.1 Å². The van der Waals surface area contributed by atoms with Crippen molar-refractivity contribution in [1.29, 1.82) is 0 Å². The largest absolute Gasteiger partial charge is 0.391 e. The summed E-state index contributed by atoms with van der Waals surface area (Å²) in [5.41, 5.74) is 5.70. The van der Waals surface area contributed by atoms with E-state index in [2.05, 4.69) is 19.2 Å². The standard InChI is InChI=1S/C14H28N2O2/c1-10(2)7-11(9-15)8-14(18)16-12-5-3-4-6-13(12)17/h10-13,17H,3-9,15H2,1-2H3,(H,16,18)/t11-,12-,13-/m0/s1. The Bertz CT molecular complexity index is 256. The molecular formula is C14H28N2O2. The molecule has 0 aromatic heterocycles. The molecule has 1 fully saturated rings. The van der Waals surface area contributed by atoms with Crippen molar-refractivity contribution < 1.29 is 9.90 Å². The Labute approximate surface area is 110 Å². The Balaban J connectivity index is 2.34. The van der Waals surface area contributed by atoms with Gasteiger partial charge in [0, 0.05) is 6.42 Å². The number of carbonyl (C=O) groups is 1. The predicted molar refractivity (Wildman–Crippen MR) is 73.0 cm³/mol. The highest BCUT2D eigenvalue weighted by Gasteiger charge is 2.25. The number of carbonyl (C=O) groups excluding carboxylic acids is 1. The third kappa shape index (κ3) is 5.36. The summed E-state index contributed by atoms with van der Waals surface area (Å²) in [7, 11) is 0. The molecule has 0 saturated heterocycles. The van der Waals surface area contributed by atoms with Gasteiger partial charge in [-0.25, -0.2) is 0 Å². The first-order chi connectivity index (χ1) is 8.52. The summed E-state index contributed by atoms with van der Waals surface area (Å²) >= 11 is 0. The molecule has 0 aromatic carbocycles. The van der Waals surface area contributed by atoms with E-state index >= 15 is 0 Å². The van der Waals surface area contributed by atoms with Gasteiger partial charge >= 0.3 is 0 Å². The lowest BCUT2D eigenvalue weighted by atomic mass is 9.91. The smallest absolute Gasteiger partial charge is 0.220 e. The summed E-state index contributed by atoms with van der Waals surface area (Å²) in [5.74, 6) is 0.856. The summed E-state index contributed by atoms with van der Waals surface area (Å²) in [6, 6.07) is -0.0521. The van der Waals surface area contributed by atoms with Gasteiger partial charge in [0.25, 0.3) is 0 Å². The second-order valence-corrected chi connectivity index (χ2v) is 5.96. The highest BCUT2D eigenvalue weighted by molar-refractivity contribution is 5.76.